The SMILES string of the molecule is CCCCCC=C[C@H]1[C@H](C(=O)NCC(C)C)[C@@H](c2ccc3c(c2)OCO3)C=C[C@H]1C(=O)N1CCCCC1. The molecule has 1 fully saturated rings. The normalized spacial score (nSPS) is 25.1. The summed E-state index contributed by atoms with van der Waals surface area (Å²) in [4.78, 5) is 29.7. The Morgan fingerprint density at radius 1 is 1.08 bits per heavy atom. The predicted octanol–water partition coefficient (Wildman–Crippen LogP) is 5.84. The monoisotopic (exact) mass is 508 g/mol. The maximum absolute atomic E-state index is 13.9. The first kappa shape index (κ1) is 27.3. The van der Waals surface area contributed by atoms with Crippen molar-refractivity contribution in [1.29, 1.82) is 0 Å². The third kappa shape index (κ3) is 6.77. The molecule has 4 atom stereocenters. The second kappa shape index (κ2) is 13.2. The van der Waals surface area contributed by atoms with Crippen LogP contribution < -0.4 is 14.8 Å². The molecule has 0 spiro atoms. The minimum Gasteiger partial charge on any atom is -0.454 e. The van der Waals surface area contributed by atoms with Gasteiger partial charge in [-0.05, 0) is 55.7 Å². The Hall–Kier alpha value is -2.76. The van der Waals surface area contributed by atoms with E-state index in [1.54, 1.807) is 0 Å². The van der Waals surface area contributed by atoms with E-state index in [1.165, 1.54) is 19.3 Å². The number of carbonyl (C=O) groups is 2. The van der Waals surface area contributed by atoms with Crippen LogP contribution in [-0.2, 0) is 9.59 Å². The molecule has 0 saturated carbocycles. The summed E-state index contributed by atoms with van der Waals surface area (Å²) in [6.45, 7) is 8.86. The highest BCUT2D eigenvalue weighted by atomic mass is 16.7. The van der Waals surface area contributed by atoms with Crippen LogP contribution in [0.2, 0.25) is 0 Å². The summed E-state index contributed by atoms with van der Waals surface area (Å²) in [5.41, 5.74) is 1.01. The van der Waals surface area contributed by atoms with Crippen LogP contribution in [0.1, 0.15) is 77.2 Å². The number of hydrogen-bond donors (Lipinski definition) is 1. The summed E-state index contributed by atoms with van der Waals surface area (Å²) in [5, 5.41) is 3.20. The van der Waals surface area contributed by atoms with Crippen molar-refractivity contribution in [2.45, 2.75) is 71.6 Å². The molecule has 2 heterocycles. The zero-order valence-corrected chi connectivity index (χ0v) is 22.8. The van der Waals surface area contributed by atoms with Gasteiger partial charge in [-0.2, -0.15) is 0 Å². The number of carbonyl (C=O) groups excluding carboxylic acids is 2. The largest absolute Gasteiger partial charge is 0.454 e. The molecule has 6 nitrogen and oxygen atoms in total. The van der Waals surface area contributed by atoms with Crippen molar-refractivity contribution in [2.75, 3.05) is 26.4 Å². The fourth-order valence-corrected chi connectivity index (χ4v) is 5.73. The van der Waals surface area contributed by atoms with Crippen molar-refractivity contribution in [3.63, 3.8) is 0 Å². The Morgan fingerprint density at radius 3 is 2.62 bits per heavy atom. The molecule has 2 aliphatic heterocycles. The first-order valence-corrected chi connectivity index (χ1v) is 14.3. The maximum atomic E-state index is 13.9. The zero-order chi connectivity index (χ0) is 26.2. The van der Waals surface area contributed by atoms with Crippen molar-refractivity contribution in [2.24, 2.45) is 23.7 Å². The van der Waals surface area contributed by atoms with E-state index < -0.39 is 0 Å². The van der Waals surface area contributed by atoms with Gasteiger partial charge in [0.2, 0.25) is 18.6 Å². The molecule has 0 aromatic heterocycles. The third-order valence-corrected chi connectivity index (χ3v) is 7.80. The third-order valence-electron chi connectivity index (χ3n) is 7.80. The Bertz CT molecular complexity index is 979. The lowest BCUT2D eigenvalue weighted by Gasteiger charge is -2.40. The van der Waals surface area contributed by atoms with Crippen molar-refractivity contribution < 1.29 is 19.1 Å². The summed E-state index contributed by atoms with van der Waals surface area (Å²) in [6, 6.07) is 5.95. The lowest BCUT2D eigenvalue weighted by Crippen LogP contribution is -2.48. The van der Waals surface area contributed by atoms with Crippen LogP contribution in [0.5, 0.6) is 11.5 Å². The first-order chi connectivity index (χ1) is 18.0. The molecule has 0 unspecified atom stereocenters. The number of benzene rings is 1. The molecule has 1 saturated heterocycles. The van der Waals surface area contributed by atoms with Gasteiger partial charge in [0.05, 0.1) is 11.8 Å². The number of hydrogen-bond acceptors (Lipinski definition) is 4. The van der Waals surface area contributed by atoms with Crippen LogP contribution >= 0.6 is 0 Å². The van der Waals surface area contributed by atoms with Gasteiger partial charge >= 0.3 is 0 Å². The van der Waals surface area contributed by atoms with Gasteiger partial charge in [0.25, 0.3) is 0 Å². The molecule has 2 amide bonds. The Morgan fingerprint density at radius 2 is 1.86 bits per heavy atom. The van der Waals surface area contributed by atoms with Crippen molar-refractivity contribution in [3.05, 3.63) is 48.1 Å². The van der Waals surface area contributed by atoms with E-state index >= 15 is 0 Å². The number of rotatable bonds is 10. The predicted molar refractivity (Wildman–Crippen MR) is 146 cm³/mol. The number of nitrogens with zero attached hydrogens (tertiary/aromatic N) is 1. The number of unbranched alkanes of at least 4 members (excludes halogenated alkanes) is 3. The molecule has 0 bridgehead atoms. The summed E-state index contributed by atoms with van der Waals surface area (Å²) in [5.74, 6) is 0.887. The molecule has 3 aliphatic rings. The lowest BCUT2D eigenvalue weighted by molar-refractivity contribution is -0.138. The van der Waals surface area contributed by atoms with Gasteiger partial charge in [-0.15, -0.1) is 0 Å². The van der Waals surface area contributed by atoms with Gasteiger partial charge in [0, 0.05) is 31.5 Å². The standard InChI is InChI=1S/C31H44N2O4/c1-4-5-6-7-9-12-25-26(31(35)33-17-10-8-11-18-33)15-14-24(29(25)30(34)32-20-22(2)3)23-13-16-27-28(19-23)37-21-36-27/h9,12-16,19,22,24-26,29H,4-8,10-11,17-18,20-21H2,1-3H3,(H,32,34)/t24-,25-,26-,29-/m1/s1. The minimum atomic E-state index is -0.384. The Labute approximate surface area is 222 Å². The smallest absolute Gasteiger partial charge is 0.231 e. The van der Waals surface area contributed by atoms with Crippen LogP contribution in [0.25, 0.3) is 0 Å². The van der Waals surface area contributed by atoms with E-state index in [0.29, 0.717) is 18.2 Å². The lowest BCUT2D eigenvalue weighted by atomic mass is 9.67. The van der Waals surface area contributed by atoms with Crippen LogP contribution in [0.4, 0.5) is 0 Å². The van der Waals surface area contributed by atoms with Crippen LogP contribution in [-0.4, -0.2) is 43.1 Å². The van der Waals surface area contributed by atoms with Gasteiger partial charge in [-0.1, -0.05) is 64.0 Å². The average molecular weight is 509 g/mol. The quantitative estimate of drug-likeness (QED) is 0.319. The number of ether oxygens (including phenoxy) is 2. The molecule has 202 valence electrons. The molecule has 1 aromatic carbocycles. The van der Waals surface area contributed by atoms with Crippen LogP contribution in [0, 0.1) is 23.7 Å². The molecule has 0 radical (unpaired) electrons. The summed E-state index contributed by atoms with van der Waals surface area (Å²) < 4.78 is 11.2. The van der Waals surface area contributed by atoms with Crippen molar-refractivity contribution in [1.82, 2.24) is 10.2 Å². The fourth-order valence-electron chi connectivity index (χ4n) is 5.73. The van der Waals surface area contributed by atoms with Crippen molar-refractivity contribution in [3.8, 4) is 11.5 Å². The van der Waals surface area contributed by atoms with E-state index in [4.69, 9.17) is 9.47 Å². The van der Waals surface area contributed by atoms with Gasteiger partial charge in [-0.3, -0.25) is 9.59 Å². The van der Waals surface area contributed by atoms with Crippen molar-refractivity contribution >= 4 is 11.8 Å². The van der Waals surface area contributed by atoms with E-state index in [9.17, 15) is 9.59 Å². The maximum Gasteiger partial charge on any atom is 0.231 e. The zero-order valence-electron chi connectivity index (χ0n) is 22.8. The summed E-state index contributed by atoms with van der Waals surface area (Å²) >= 11 is 0. The molecule has 1 aromatic rings. The van der Waals surface area contributed by atoms with Gasteiger partial charge in [0.1, 0.15) is 0 Å². The number of nitrogens with one attached hydrogen (secondary N) is 1. The first-order valence-electron chi connectivity index (χ1n) is 14.3. The Balaban J connectivity index is 1.69. The molecular formula is C31H44N2O4. The molecule has 1 N–H and O–H groups in total. The van der Waals surface area contributed by atoms with Gasteiger partial charge in [0.15, 0.2) is 11.5 Å². The molecular weight excluding hydrogens is 464 g/mol. The number of allylic oxidation sites excluding steroid dienone is 3. The molecule has 6 heteroatoms. The van der Waals surface area contributed by atoms with Gasteiger partial charge in [-0.25, -0.2) is 0 Å². The Kier molecular flexibility index (Phi) is 9.70. The van der Waals surface area contributed by atoms with Crippen LogP contribution in [0.15, 0.2) is 42.5 Å². The fraction of sp³-hybridized carbons (Fsp3) is 0.613. The van der Waals surface area contributed by atoms with E-state index in [-0.39, 0.29) is 42.3 Å². The van der Waals surface area contributed by atoms with E-state index in [0.717, 1.165) is 50.1 Å². The van der Waals surface area contributed by atoms with E-state index in [2.05, 4.69) is 50.4 Å². The highest BCUT2D eigenvalue weighted by Gasteiger charge is 2.44. The van der Waals surface area contributed by atoms with E-state index in [1.807, 2.05) is 23.1 Å². The van der Waals surface area contributed by atoms with Crippen LogP contribution in [0.3, 0.4) is 0 Å². The summed E-state index contributed by atoms with van der Waals surface area (Å²) in [7, 11) is 0. The number of amides is 2. The number of fused-ring (bicyclic) bond motifs is 1. The molecule has 4 rings (SSSR count). The minimum absolute atomic E-state index is 0.0142. The summed E-state index contributed by atoms with van der Waals surface area (Å²) in [6.07, 6.45) is 16.3. The average Bonchev–Trinajstić information content (AvgIpc) is 3.39. The number of piperidine rings is 1. The second-order valence-electron chi connectivity index (χ2n) is 11.1. The second-order valence-corrected chi connectivity index (χ2v) is 11.1. The highest BCUT2D eigenvalue weighted by Crippen LogP contribution is 2.44. The molecule has 1 aliphatic carbocycles. The molecule has 37 heavy (non-hydrogen) atoms. The highest BCUT2D eigenvalue weighted by molar-refractivity contribution is 5.86. The number of likely N-dealkylation sites (tertiary alicyclic amines) is 1. The topological polar surface area (TPSA) is 67.9 Å². The van der Waals surface area contributed by atoms with Gasteiger partial charge < -0.3 is 19.7 Å².